The van der Waals surface area contributed by atoms with Crippen molar-refractivity contribution in [1.29, 1.82) is 0 Å². The lowest BCUT2D eigenvalue weighted by Gasteiger charge is -2.24. The first-order chi connectivity index (χ1) is 32.8. The van der Waals surface area contributed by atoms with Crippen LogP contribution < -0.4 is 9.75 Å². The Kier molecular flexibility index (Phi) is 9.38. The van der Waals surface area contributed by atoms with Gasteiger partial charge in [0.2, 0.25) is 0 Å². The van der Waals surface area contributed by atoms with Crippen molar-refractivity contribution in [2.24, 2.45) is 11.8 Å². The van der Waals surface area contributed by atoms with Gasteiger partial charge in [-0.05, 0) is 109 Å². The molecule has 2 aliphatic rings. The maximum atomic E-state index is 5.47. The fourth-order valence-corrected chi connectivity index (χ4v) is 12.9. The molecule has 6 heteroatoms. The maximum absolute atomic E-state index is 5.47. The second kappa shape index (κ2) is 15.7. The number of hydrogen-bond donors (Lipinski definition) is 0. The van der Waals surface area contributed by atoms with Gasteiger partial charge in [0.15, 0.2) is 17.5 Å². The summed E-state index contributed by atoms with van der Waals surface area (Å²) in [6, 6.07) is 51.5. The Hall–Kier alpha value is -7.25. The van der Waals surface area contributed by atoms with Gasteiger partial charge in [0.1, 0.15) is 0 Å². The van der Waals surface area contributed by atoms with E-state index in [2.05, 4.69) is 202 Å². The van der Waals surface area contributed by atoms with Crippen LogP contribution in [-0.4, -0.2) is 19.5 Å². The number of aryl methyl sites for hydroxylation is 2. The predicted molar refractivity (Wildman–Crippen MR) is 287 cm³/mol. The van der Waals surface area contributed by atoms with Crippen LogP contribution in [0.1, 0.15) is 43.4 Å². The molecular weight excluding hydrogens is 853 g/mol. The van der Waals surface area contributed by atoms with Crippen LogP contribution >= 0.6 is 22.7 Å². The van der Waals surface area contributed by atoms with Crippen molar-refractivity contribution in [3.8, 4) is 51.0 Å². The molecule has 13 rings (SSSR count). The van der Waals surface area contributed by atoms with Gasteiger partial charge in [0, 0.05) is 73.4 Å². The second-order valence-electron chi connectivity index (χ2n) is 18.7. The van der Waals surface area contributed by atoms with Crippen molar-refractivity contribution in [2.45, 2.75) is 40.5 Å². The lowest BCUT2D eigenvalue weighted by molar-refractivity contribution is 0.748. The molecule has 0 amide bonds. The third-order valence-corrected chi connectivity index (χ3v) is 16.1. The third kappa shape index (κ3) is 6.80. The average molecular weight is 899 g/mol. The van der Waals surface area contributed by atoms with E-state index in [1.807, 2.05) is 22.7 Å². The molecule has 0 saturated heterocycles. The first kappa shape index (κ1) is 40.1. The van der Waals surface area contributed by atoms with Crippen LogP contribution in [0.4, 0.5) is 0 Å². The van der Waals surface area contributed by atoms with Crippen LogP contribution in [0.5, 0.6) is 0 Å². The fourth-order valence-electron chi connectivity index (χ4n) is 10.5. The zero-order valence-corrected chi connectivity index (χ0v) is 39.5. The molecule has 0 spiro atoms. The summed E-state index contributed by atoms with van der Waals surface area (Å²) in [5.41, 5.74) is 13.7. The van der Waals surface area contributed by atoms with Crippen molar-refractivity contribution >= 4 is 92.5 Å². The topological polar surface area (TPSA) is 43.6 Å². The summed E-state index contributed by atoms with van der Waals surface area (Å²) in [6.07, 6.45) is 13.7. The van der Waals surface area contributed by atoms with Gasteiger partial charge in [0.25, 0.3) is 0 Å². The van der Waals surface area contributed by atoms with Gasteiger partial charge < -0.3 is 4.57 Å². The Labute approximate surface area is 397 Å². The molecule has 0 radical (unpaired) electrons. The highest BCUT2D eigenvalue weighted by Gasteiger charge is 2.25. The molecule has 2 atom stereocenters. The quantitative estimate of drug-likeness (QED) is 0.167. The zero-order chi connectivity index (χ0) is 44.9. The highest BCUT2D eigenvalue weighted by atomic mass is 32.1. The normalized spacial score (nSPS) is 15.9. The van der Waals surface area contributed by atoms with Crippen molar-refractivity contribution in [3.05, 3.63) is 184 Å². The first-order valence-electron chi connectivity index (χ1n) is 23.4. The van der Waals surface area contributed by atoms with E-state index in [0.717, 1.165) is 46.3 Å². The smallest absolute Gasteiger partial charge is 0.164 e. The molecule has 0 aliphatic heterocycles. The van der Waals surface area contributed by atoms with Crippen LogP contribution in [0.25, 0.3) is 121 Å². The number of hydrogen-bond acceptors (Lipinski definition) is 5. The monoisotopic (exact) mass is 898 g/mol. The molecule has 4 aromatic heterocycles. The summed E-state index contributed by atoms with van der Waals surface area (Å²) in [6.45, 7) is 8.99. The molecule has 322 valence electrons. The van der Waals surface area contributed by atoms with Gasteiger partial charge in [-0.2, -0.15) is 0 Å². The zero-order valence-electron chi connectivity index (χ0n) is 37.8. The Morgan fingerprint density at radius 2 is 1.15 bits per heavy atom. The average Bonchev–Trinajstić information content (AvgIpc) is 4.01. The van der Waals surface area contributed by atoms with Gasteiger partial charge in [-0.1, -0.05) is 140 Å². The Morgan fingerprint density at radius 3 is 1.87 bits per heavy atom. The van der Waals surface area contributed by atoms with E-state index >= 15 is 0 Å². The number of allylic oxidation sites excluding steroid dienone is 4. The van der Waals surface area contributed by atoms with Crippen LogP contribution in [0.3, 0.4) is 0 Å². The van der Waals surface area contributed by atoms with E-state index in [0.29, 0.717) is 29.3 Å². The van der Waals surface area contributed by atoms with Crippen LogP contribution in [0.2, 0.25) is 0 Å². The Balaban J connectivity index is 1.10. The summed E-state index contributed by atoms with van der Waals surface area (Å²) < 4.78 is 7.62. The lowest BCUT2D eigenvalue weighted by atomic mass is 9.86. The molecular formula is C61H46N4S2. The number of aromatic nitrogens is 4. The summed E-state index contributed by atoms with van der Waals surface area (Å²) in [5.74, 6) is 2.90. The van der Waals surface area contributed by atoms with Crippen molar-refractivity contribution in [2.75, 3.05) is 0 Å². The SMILES string of the molecule is Cc1ccc2c(c1)c1cc(C)ccc1n2-c1c(C2=CC=CC(C)C2)cc(-c2nc(-c3ccc4c5c(sc4c3)=CC(C)CC=5)nc(-c3ccc4c(c3)sc3ccccc34)n2)cc1-c1ccccc1. The molecule has 11 aromatic rings. The summed E-state index contributed by atoms with van der Waals surface area (Å²) >= 11 is 3.68. The number of rotatable bonds is 6. The minimum atomic E-state index is 0.385. The number of nitrogens with zero attached hydrogens (tertiary/aromatic N) is 4. The minimum Gasteiger partial charge on any atom is -0.308 e. The van der Waals surface area contributed by atoms with Gasteiger partial charge in [-0.25, -0.2) is 15.0 Å². The van der Waals surface area contributed by atoms with E-state index in [9.17, 15) is 0 Å². The van der Waals surface area contributed by atoms with E-state index in [-0.39, 0.29) is 0 Å². The van der Waals surface area contributed by atoms with Crippen molar-refractivity contribution in [3.63, 3.8) is 0 Å². The second-order valence-corrected chi connectivity index (χ2v) is 20.9. The molecule has 0 bridgehead atoms. The lowest BCUT2D eigenvalue weighted by Crippen LogP contribution is -2.23. The fraction of sp³-hybridized carbons (Fsp3) is 0.131. The number of thiophene rings is 2. The van der Waals surface area contributed by atoms with Gasteiger partial charge >= 0.3 is 0 Å². The highest BCUT2D eigenvalue weighted by molar-refractivity contribution is 7.25. The molecule has 4 heterocycles. The Bertz CT molecular complexity index is 3990. The number of fused-ring (bicyclic) bond motifs is 9. The van der Waals surface area contributed by atoms with E-state index in [1.165, 1.54) is 84.1 Å². The largest absolute Gasteiger partial charge is 0.308 e. The van der Waals surface area contributed by atoms with Crippen LogP contribution in [-0.2, 0) is 0 Å². The number of benzene rings is 7. The molecule has 2 aliphatic carbocycles. The third-order valence-electron chi connectivity index (χ3n) is 13.8. The molecule has 0 saturated carbocycles. The van der Waals surface area contributed by atoms with Gasteiger partial charge in [0.05, 0.1) is 16.7 Å². The first-order valence-corrected chi connectivity index (χ1v) is 25.0. The summed E-state index contributed by atoms with van der Waals surface area (Å²) in [5, 5.41) is 7.70. The predicted octanol–water partition coefficient (Wildman–Crippen LogP) is 15.4. The standard InChI is InChI=1S/C61H46N4S2/c1-35-11-10-14-40(27-35)49-32-43(31-48(39-12-6-5-7-13-39)58(49)65-52-25-18-36(2)28-50(52)51-29-37(3)19-26-53(51)65)61-63-59(41-20-23-46-44-15-8-9-16-54(44)66-56(46)33-41)62-60(64-61)42-21-24-47-45-22-17-38(4)30-55(45)67-57(47)34-42/h5-16,18-26,28-35,38H,17,27H2,1-4H3. The maximum Gasteiger partial charge on any atom is 0.164 e. The van der Waals surface area contributed by atoms with Crippen LogP contribution in [0.15, 0.2) is 158 Å². The minimum absolute atomic E-state index is 0.385. The van der Waals surface area contributed by atoms with E-state index in [1.54, 1.807) is 0 Å². The molecule has 67 heavy (non-hydrogen) atoms. The molecule has 2 unspecified atom stereocenters. The van der Waals surface area contributed by atoms with Crippen molar-refractivity contribution < 1.29 is 0 Å². The molecule has 0 N–H and O–H groups in total. The van der Waals surface area contributed by atoms with Crippen LogP contribution in [0, 0.1) is 25.7 Å². The molecule has 4 nitrogen and oxygen atoms in total. The van der Waals surface area contributed by atoms with Gasteiger partial charge in [-0.3, -0.25) is 0 Å². The summed E-state index contributed by atoms with van der Waals surface area (Å²) in [7, 11) is 0. The summed E-state index contributed by atoms with van der Waals surface area (Å²) in [4.78, 5) is 16.3. The van der Waals surface area contributed by atoms with E-state index < -0.39 is 0 Å². The molecule has 0 fully saturated rings. The Morgan fingerprint density at radius 1 is 0.522 bits per heavy atom. The van der Waals surface area contributed by atoms with E-state index in [4.69, 9.17) is 15.0 Å². The highest BCUT2D eigenvalue weighted by Crippen LogP contribution is 2.45. The van der Waals surface area contributed by atoms with Gasteiger partial charge in [-0.15, -0.1) is 22.7 Å². The molecule has 7 aromatic carbocycles. The van der Waals surface area contributed by atoms with Crippen molar-refractivity contribution in [1.82, 2.24) is 19.5 Å².